The Balaban J connectivity index is 2.88. The Labute approximate surface area is 97.1 Å². The first kappa shape index (κ1) is 10.8. The van der Waals surface area contributed by atoms with Crippen molar-refractivity contribution in [2.24, 2.45) is 0 Å². The van der Waals surface area contributed by atoms with Gasteiger partial charge in [0.25, 0.3) is 0 Å². The van der Waals surface area contributed by atoms with E-state index in [0.29, 0.717) is 15.8 Å². The number of imidazole rings is 1. The molecule has 0 radical (unpaired) electrons. The standard InChI is InChI=1S/C11H10FN3S/c1-6(2)15-10-4-8(12)7(5-13)3-9(10)14-11(15)16/h3-4,6H,1-2H3,(H,14,16). The second-order valence-corrected chi connectivity index (χ2v) is 4.24. The molecule has 0 aliphatic carbocycles. The molecule has 1 N–H and O–H groups in total. The molecule has 0 atom stereocenters. The van der Waals surface area contributed by atoms with Crippen molar-refractivity contribution in [1.82, 2.24) is 9.55 Å². The van der Waals surface area contributed by atoms with Crippen LogP contribution in [0, 0.1) is 21.9 Å². The number of aromatic nitrogens is 2. The monoisotopic (exact) mass is 235 g/mol. The molecule has 1 heterocycles. The van der Waals surface area contributed by atoms with Gasteiger partial charge in [0.1, 0.15) is 11.9 Å². The topological polar surface area (TPSA) is 44.5 Å². The highest BCUT2D eigenvalue weighted by Crippen LogP contribution is 2.22. The van der Waals surface area contributed by atoms with Crippen molar-refractivity contribution in [3.63, 3.8) is 0 Å². The average molecular weight is 235 g/mol. The predicted molar refractivity (Wildman–Crippen MR) is 62.2 cm³/mol. The van der Waals surface area contributed by atoms with Crippen LogP contribution in [-0.4, -0.2) is 9.55 Å². The summed E-state index contributed by atoms with van der Waals surface area (Å²) < 4.78 is 15.9. The molecule has 16 heavy (non-hydrogen) atoms. The quantitative estimate of drug-likeness (QED) is 0.771. The lowest BCUT2D eigenvalue weighted by atomic mass is 10.2. The highest BCUT2D eigenvalue weighted by atomic mass is 32.1. The van der Waals surface area contributed by atoms with Crippen LogP contribution in [0.4, 0.5) is 4.39 Å². The Hall–Kier alpha value is -1.67. The van der Waals surface area contributed by atoms with E-state index in [9.17, 15) is 4.39 Å². The van der Waals surface area contributed by atoms with E-state index in [1.54, 1.807) is 0 Å². The van der Waals surface area contributed by atoms with Gasteiger partial charge in [-0.25, -0.2) is 4.39 Å². The van der Waals surface area contributed by atoms with Gasteiger partial charge in [-0.2, -0.15) is 5.26 Å². The van der Waals surface area contributed by atoms with E-state index in [-0.39, 0.29) is 11.6 Å². The molecule has 0 fully saturated rings. The second-order valence-electron chi connectivity index (χ2n) is 3.85. The summed E-state index contributed by atoms with van der Waals surface area (Å²) in [7, 11) is 0. The van der Waals surface area contributed by atoms with Gasteiger partial charge in [-0.15, -0.1) is 0 Å². The highest BCUT2D eigenvalue weighted by molar-refractivity contribution is 7.71. The second kappa shape index (κ2) is 3.72. The molecular formula is C11H10FN3S. The van der Waals surface area contributed by atoms with Gasteiger partial charge in [-0.05, 0) is 32.1 Å². The third-order valence-corrected chi connectivity index (χ3v) is 2.74. The van der Waals surface area contributed by atoms with Gasteiger partial charge in [0.05, 0.1) is 16.6 Å². The first-order valence-electron chi connectivity index (χ1n) is 4.88. The predicted octanol–water partition coefficient (Wildman–Crippen LogP) is 3.29. The number of H-pyrrole nitrogens is 1. The Kier molecular flexibility index (Phi) is 2.52. The van der Waals surface area contributed by atoms with Gasteiger partial charge in [0, 0.05) is 12.1 Å². The number of aromatic amines is 1. The number of hydrogen-bond acceptors (Lipinski definition) is 2. The highest BCUT2D eigenvalue weighted by Gasteiger charge is 2.11. The average Bonchev–Trinajstić information content (AvgIpc) is 2.51. The summed E-state index contributed by atoms with van der Waals surface area (Å²) in [5.74, 6) is -0.515. The van der Waals surface area contributed by atoms with Gasteiger partial charge < -0.3 is 9.55 Å². The summed E-state index contributed by atoms with van der Waals surface area (Å²) in [6, 6.07) is 4.79. The maximum absolute atomic E-state index is 13.5. The zero-order valence-corrected chi connectivity index (χ0v) is 9.73. The molecule has 0 spiro atoms. The summed E-state index contributed by atoms with van der Waals surface area (Å²) in [5.41, 5.74) is 1.41. The first-order chi connectivity index (χ1) is 7.54. The summed E-state index contributed by atoms with van der Waals surface area (Å²) in [6.07, 6.45) is 0. The van der Waals surface area contributed by atoms with Crippen LogP contribution in [0.5, 0.6) is 0 Å². The van der Waals surface area contributed by atoms with Gasteiger partial charge in [0.2, 0.25) is 0 Å². The fraction of sp³-hybridized carbons (Fsp3) is 0.273. The third-order valence-electron chi connectivity index (χ3n) is 2.44. The molecule has 2 rings (SSSR count). The number of rotatable bonds is 1. The van der Waals surface area contributed by atoms with Crippen molar-refractivity contribution >= 4 is 23.3 Å². The maximum atomic E-state index is 13.5. The molecule has 1 aromatic heterocycles. The number of benzene rings is 1. The van der Waals surface area contributed by atoms with Crippen LogP contribution >= 0.6 is 12.2 Å². The summed E-state index contributed by atoms with van der Waals surface area (Å²) in [4.78, 5) is 2.97. The number of hydrogen-bond donors (Lipinski definition) is 1. The zero-order chi connectivity index (χ0) is 11.9. The molecule has 0 aliphatic rings. The molecule has 2 aromatic rings. The van der Waals surface area contributed by atoms with Crippen molar-refractivity contribution in [2.45, 2.75) is 19.9 Å². The van der Waals surface area contributed by atoms with E-state index >= 15 is 0 Å². The molecule has 0 saturated carbocycles. The Bertz CT molecular complexity index is 646. The number of nitriles is 1. The third kappa shape index (κ3) is 1.51. The minimum Gasteiger partial charge on any atom is -0.331 e. The van der Waals surface area contributed by atoms with E-state index in [2.05, 4.69) is 4.98 Å². The minimum absolute atomic E-state index is 0.0275. The van der Waals surface area contributed by atoms with Crippen LogP contribution in [-0.2, 0) is 0 Å². The van der Waals surface area contributed by atoms with Gasteiger partial charge in [-0.1, -0.05) is 0 Å². The minimum atomic E-state index is -0.515. The molecule has 82 valence electrons. The van der Waals surface area contributed by atoms with Crippen LogP contribution in [0.3, 0.4) is 0 Å². The first-order valence-corrected chi connectivity index (χ1v) is 5.29. The molecule has 0 amide bonds. The van der Waals surface area contributed by atoms with Crippen molar-refractivity contribution in [3.8, 4) is 6.07 Å². The summed E-state index contributed by atoms with van der Waals surface area (Å²) in [6.45, 7) is 3.94. The molecule has 0 bridgehead atoms. The van der Waals surface area contributed by atoms with Gasteiger partial charge in [0.15, 0.2) is 4.77 Å². The van der Waals surface area contributed by atoms with Crippen molar-refractivity contribution in [2.75, 3.05) is 0 Å². The normalized spacial score (nSPS) is 10.9. The Morgan fingerprint density at radius 2 is 2.19 bits per heavy atom. The Morgan fingerprint density at radius 1 is 1.50 bits per heavy atom. The number of nitrogens with one attached hydrogen (secondary N) is 1. The van der Waals surface area contributed by atoms with Crippen LogP contribution in [0.2, 0.25) is 0 Å². The van der Waals surface area contributed by atoms with E-state index in [0.717, 1.165) is 0 Å². The number of nitrogens with zero attached hydrogens (tertiary/aromatic N) is 2. The fourth-order valence-corrected chi connectivity index (χ4v) is 2.16. The maximum Gasteiger partial charge on any atom is 0.178 e. The fourth-order valence-electron chi connectivity index (χ4n) is 1.75. The molecule has 1 aromatic carbocycles. The molecule has 0 unspecified atom stereocenters. The summed E-state index contributed by atoms with van der Waals surface area (Å²) in [5, 5.41) is 8.73. The SMILES string of the molecule is CC(C)n1c(=S)[nH]c2cc(C#N)c(F)cc21. The number of halogens is 1. The van der Waals surface area contributed by atoms with Crippen LogP contribution in [0.25, 0.3) is 11.0 Å². The lowest BCUT2D eigenvalue weighted by Crippen LogP contribution is -2.00. The van der Waals surface area contributed by atoms with Crippen molar-refractivity contribution in [1.29, 1.82) is 5.26 Å². The van der Waals surface area contributed by atoms with Crippen LogP contribution in [0.15, 0.2) is 12.1 Å². The van der Waals surface area contributed by atoms with Gasteiger partial charge >= 0.3 is 0 Å². The van der Waals surface area contributed by atoms with Crippen molar-refractivity contribution in [3.05, 3.63) is 28.3 Å². The van der Waals surface area contributed by atoms with Gasteiger partial charge in [-0.3, -0.25) is 0 Å². The lowest BCUT2D eigenvalue weighted by Gasteiger charge is -2.08. The summed E-state index contributed by atoms with van der Waals surface area (Å²) >= 11 is 5.15. The Morgan fingerprint density at radius 3 is 2.75 bits per heavy atom. The molecule has 0 aliphatic heterocycles. The molecule has 3 nitrogen and oxygen atoms in total. The van der Waals surface area contributed by atoms with E-state index in [4.69, 9.17) is 17.5 Å². The number of fused-ring (bicyclic) bond motifs is 1. The lowest BCUT2D eigenvalue weighted by molar-refractivity contribution is 0.602. The van der Waals surface area contributed by atoms with Crippen LogP contribution in [0.1, 0.15) is 25.5 Å². The molecule has 0 saturated heterocycles. The van der Waals surface area contributed by atoms with E-state index < -0.39 is 5.82 Å². The van der Waals surface area contributed by atoms with Crippen molar-refractivity contribution < 1.29 is 4.39 Å². The smallest absolute Gasteiger partial charge is 0.178 e. The van der Waals surface area contributed by atoms with Crippen LogP contribution < -0.4 is 0 Å². The van der Waals surface area contributed by atoms with E-state index in [1.165, 1.54) is 12.1 Å². The molecule has 5 heteroatoms. The largest absolute Gasteiger partial charge is 0.331 e. The zero-order valence-electron chi connectivity index (χ0n) is 8.91. The molecular weight excluding hydrogens is 225 g/mol. The van der Waals surface area contributed by atoms with E-state index in [1.807, 2.05) is 24.5 Å².